The Bertz CT molecular complexity index is 466. The quantitative estimate of drug-likeness (QED) is 0.822. The zero-order valence-electron chi connectivity index (χ0n) is 12.6. The number of aromatic nitrogens is 3. The van der Waals surface area contributed by atoms with Crippen molar-refractivity contribution in [2.45, 2.75) is 32.4 Å². The molecule has 0 bridgehead atoms. The van der Waals surface area contributed by atoms with E-state index in [1.165, 1.54) is 0 Å². The summed E-state index contributed by atoms with van der Waals surface area (Å²) in [6.45, 7) is 5.70. The number of β-amino-alcohol motifs (C(OH)–C–C–N with tert-alkyl or cyclic N) is 1. The van der Waals surface area contributed by atoms with Crippen molar-refractivity contribution in [3.63, 3.8) is 0 Å². The third kappa shape index (κ3) is 3.16. The van der Waals surface area contributed by atoms with Crippen LogP contribution < -0.4 is 10.6 Å². The van der Waals surface area contributed by atoms with Crippen LogP contribution in [-0.2, 0) is 0 Å². The highest BCUT2D eigenvalue weighted by Crippen LogP contribution is 2.25. The molecule has 3 N–H and O–H groups in total. The average Bonchev–Trinajstić information content (AvgIpc) is 2.40. The topological polar surface area (TPSA) is 91.4 Å². The molecule has 1 saturated heterocycles. The van der Waals surface area contributed by atoms with E-state index in [0.29, 0.717) is 24.2 Å². The lowest BCUT2D eigenvalue weighted by molar-refractivity contribution is 0.0114. The van der Waals surface area contributed by atoms with Crippen LogP contribution >= 0.6 is 0 Å². The van der Waals surface area contributed by atoms with Crippen molar-refractivity contribution in [1.82, 2.24) is 19.9 Å². The van der Waals surface area contributed by atoms with Crippen LogP contribution in [0.5, 0.6) is 0 Å². The SMILES string of the molecule is CC1CCN(C(C)c2nc(N)nc(N(C)C)n2)CC1O. The minimum absolute atomic E-state index is 0.0150. The van der Waals surface area contributed by atoms with Crippen molar-refractivity contribution < 1.29 is 5.11 Å². The minimum atomic E-state index is -0.293. The molecule has 112 valence electrons. The molecule has 3 unspecified atom stereocenters. The first-order valence-corrected chi connectivity index (χ1v) is 6.99. The monoisotopic (exact) mass is 280 g/mol. The highest BCUT2D eigenvalue weighted by molar-refractivity contribution is 5.33. The first kappa shape index (κ1) is 14.9. The number of hydrogen-bond donors (Lipinski definition) is 2. The van der Waals surface area contributed by atoms with E-state index in [4.69, 9.17) is 5.73 Å². The Kier molecular flexibility index (Phi) is 4.39. The molecular weight excluding hydrogens is 256 g/mol. The molecule has 1 aliphatic heterocycles. The molecule has 0 amide bonds. The second kappa shape index (κ2) is 5.88. The van der Waals surface area contributed by atoms with Gasteiger partial charge in [0.05, 0.1) is 12.1 Å². The molecule has 0 aliphatic carbocycles. The molecule has 3 atom stereocenters. The van der Waals surface area contributed by atoms with Gasteiger partial charge in [0.2, 0.25) is 11.9 Å². The Labute approximate surface area is 119 Å². The molecule has 0 saturated carbocycles. The van der Waals surface area contributed by atoms with Crippen molar-refractivity contribution in [2.24, 2.45) is 5.92 Å². The second-order valence-electron chi connectivity index (χ2n) is 5.75. The second-order valence-corrected chi connectivity index (χ2v) is 5.75. The normalized spacial score (nSPS) is 25.4. The number of hydrogen-bond acceptors (Lipinski definition) is 7. The standard InChI is InChI=1S/C13H24N6O/c1-8-5-6-19(7-10(8)20)9(2)11-15-12(14)17-13(16-11)18(3)4/h8-10,20H,5-7H2,1-4H3,(H2,14,15,16,17). The van der Waals surface area contributed by atoms with Crippen molar-refractivity contribution in [3.05, 3.63) is 5.82 Å². The van der Waals surface area contributed by atoms with Gasteiger partial charge in [0.1, 0.15) is 0 Å². The average molecular weight is 280 g/mol. The van der Waals surface area contributed by atoms with Crippen LogP contribution in [0, 0.1) is 5.92 Å². The molecule has 1 aliphatic rings. The summed E-state index contributed by atoms with van der Waals surface area (Å²) in [5.74, 6) is 1.80. The predicted molar refractivity (Wildman–Crippen MR) is 78.3 cm³/mol. The molecule has 7 nitrogen and oxygen atoms in total. The van der Waals surface area contributed by atoms with Crippen molar-refractivity contribution in [3.8, 4) is 0 Å². The molecule has 1 aromatic heterocycles. The molecule has 0 aromatic carbocycles. The van der Waals surface area contributed by atoms with Gasteiger partial charge in [-0.25, -0.2) is 0 Å². The van der Waals surface area contributed by atoms with Gasteiger partial charge in [-0.2, -0.15) is 15.0 Å². The van der Waals surface area contributed by atoms with E-state index in [1.54, 1.807) is 4.90 Å². The fourth-order valence-corrected chi connectivity index (χ4v) is 2.37. The Hall–Kier alpha value is -1.47. The van der Waals surface area contributed by atoms with E-state index >= 15 is 0 Å². The first-order valence-electron chi connectivity index (χ1n) is 6.99. The predicted octanol–water partition coefficient (Wildman–Crippen LogP) is 0.284. The van der Waals surface area contributed by atoms with Crippen LogP contribution in [0.2, 0.25) is 0 Å². The summed E-state index contributed by atoms with van der Waals surface area (Å²) in [6, 6.07) is 0.0150. The number of aliphatic hydroxyl groups excluding tert-OH is 1. The number of likely N-dealkylation sites (tertiary alicyclic amines) is 1. The summed E-state index contributed by atoms with van der Waals surface area (Å²) < 4.78 is 0. The van der Waals surface area contributed by atoms with E-state index in [0.717, 1.165) is 13.0 Å². The fraction of sp³-hybridized carbons (Fsp3) is 0.769. The third-order valence-electron chi connectivity index (χ3n) is 3.93. The number of nitrogen functional groups attached to an aromatic ring is 1. The summed E-state index contributed by atoms with van der Waals surface area (Å²) in [6.07, 6.45) is 0.686. The fourth-order valence-electron chi connectivity index (χ4n) is 2.37. The molecule has 1 aromatic rings. The zero-order chi connectivity index (χ0) is 14.9. The van der Waals surface area contributed by atoms with Crippen molar-refractivity contribution >= 4 is 11.9 Å². The van der Waals surface area contributed by atoms with Gasteiger partial charge >= 0.3 is 0 Å². The van der Waals surface area contributed by atoms with Crippen LogP contribution in [0.25, 0.3) is 0 Å². The Morgan fingerprint density at radius 2 is 2.05 bits per heavy atom. The zero-order valence-corrected chi connectivity index (χ0v) is 12.6. The Morgan fingerprint density at radius 1 is 1.35 bits per heavy atom. The first-order chi connectivity index (χ1) is 9.38. The number of nitrogens with two attached hydrogens (primary N) is 1. The summed E-state index contributed by atoms with van der Waals surface area (Å²) in [5.41, 5.74) is 5.76. The van der Waals surface area contributed by atoms with Gasteiger partial charge in [0.25, 0.3) is 0 Å². The lowest BCUT2D eigenvalue weighted by Crippen LogP contribution is -2.44. The van der Waals surface area contributed by atoms with E-state index in [9.17, 15) is 5.11 Å². The van der Waals surface area contributed by atoms with E-state index in [1.807, 2.05) is 21.0 Å². The Balaban J connectivity index is 2.18. The molecule has 1 fully saturated rings. The van der Waals surface area contributed by atoms with Gasteiger partial charge in [0, 0.05) is 20.6 Å². The number of rotatable bonds is 3. The molecule has 0 spiro atoms. The molecule has 0 radical (unpaired) electrons. The molecular formula is C13H24N6O. The van der Waals surface area contributed by atoms with Crippen LogP contribution in [0.15, 0.2) is 0 Å². The van der Waals surface area contributed by atoms with Crippen LogP contribution in [0.4, 0.5) is 11.9 Å². The minimum Gasteiger partial charge on any atom is -0.392 e. The molecule has 20 heavy (non-hydrogen) atoms. The number of aliphatic hydroxyl groups is 1. The van der Waals surface area contributed by atoms with Crippen molar-refractivity contribution in [2.75, 3.05) is 37.8 Å². The van der Waals surface area contributed by atoms with Crippen molar-refractivity contribution in [1.29, 1.82) is 0 Å². The van der Waals surface area contributed by atoms with Gasteiger partial charge in [-0.15, -0.1) is 0 Å². The summed E-state index contributed by atoms with van der Waals surface area (Å²) in [5, 5.41) is 10.0. The van der Waals surface area contributed by atoms with Gasteiger partial charge in [0.15, 0.2) is 5.82 Å². The maximum atomic E-state index is 10.0. The smallest absolute Gasteiger partial charge is 0.229 e. The number of piperidine rings is 1. The molecule has 2 rings (SSSR count). The van der Waals surface area contributed by atoms with E-state index in [-0.39, 0.29) is 18.1 Å². The maximum absolute atomic E-state index is 10.0. The van der Waals surface area contributed by atoms with Crippen LogP contribution in [0.1, 0.15) is 32.1 Å². The van der Waals surface area contributed by atoms with Gasteiger partial charge in [-0.1, -0.05) is 6.92 Å². The van der Waals surface area contributed by atoms with Crippen LogP contribution in [0.3, 0.4) is 0 Å². The van der Waals surface area contributed by atoms with Gasteiger partial charge in [-0.05, 0) is 25.8 Å². The van der Waals surface area contributed by atoms with E-state index in [2.05, 4.69) is 26.8 Å². The van der Waals surface area contributed by atoms with E-state index < -0.39 is 0 Å². The Morgan fingerprint density at radius 3 is 2.65 bits per heavy atom. The number of nitrogens with zero attached hydrogens (tertiary/aromatic N) is 5. The summed E-state index contributed by atoms with van der Waals surface area (Å²) in [4.78, 5) is 16.8. The van der Waals surface area contributed by atoms with Gasteiger partial charge < -0.3 is 15.7 Å². The summed E-state index contributed by atoms with van der Waals surface area (Å²) >= 11 is 0. The lowest BCUT2D eigenvalue weighted by atomic mass is 9.95. The van der Waals surface area contributed by atoms with Gasteiger partial charge in [-0.3, -0.25) is 4.90 Å². The number of anilines is 2. The lowest BCUT2D eigenvalue weighted by Gasteiger charge is -2.37. The molecule has 7 heteroatoms. The van der Waals surface area contributed by atoms with Crippen LogP contribution in [-0.4, -0.2) is 58.2 Å². The molecule has 2 heterocycles. The summed E-state index contributed by atoms with van der Waals surface area (Å²) in [7, 11) is 3.74. The maximum Gasteiger partial charge on any atom is 0.229 e. The largest absolute Gasteiger partial charge is 0.392 e. The third-order valence-corrected chi connectivity index (χ3v) is 3.93. The highest BCUT2D eigenvalue weighted by Gasteiger charge is 2.29. The highest BCUT2D eigenvalue weighted by atomic mass is 16.3.